The number of nitrogens with zero attached hydrogens (tertiary/aromatic N) is 1. The van der Waals surface area contributed by atoms with E-state index in [2.05, 4.69) is 29.4 Å². The predicted molar refractivity (Wildman–Crippen MR) is 86.4 cm³/mol. The molecule has 1 saturated heterocycles. The molecular formula is C16H24FN3O3. The molecule has 2 rings (SSSR count). The molecule has 128 valence electrons. The average Bonchev–Trinajstić information content (AvgIpc) is 2.55. The van der Waals surface area contributed by atoms with Gasteiger partial charge in [-0.2, -0.15) is 0 Å². The normalized spacial score (nSPS) is 16.0. The van der Waals surface area contributed by atoms with Crippen LogP contribution in [0.5, 0.6) is 5.75 Å². The Kier molecular flexibility index (Phi) is 5.79. The SMILES string of the molecule is COc1cc(F)ccc1NC(=O)NCC(C)(C)N1CCOCC1. The van der Waals surface area contributed by atoms with Gasteiger partial charge in [0.1, 0.15) is 11.6 Å². The maximum Gasteiger partial charge on any atom is 0.319 e. The predicted octanol–water partition coefficient (Wildman–Crippen LogP) is 2.07. The van der Waals surface area contributed by atoms with Crippen molar-refractivity contribution in [1.29, 1.82) is 0 Å². The molecule has 1 aliphatic rings. The van der Waals surface area contributed by atoms with Gasteiger partial charge < -0.3 is 20.1 Å². The molecule has 0 radical (unpaired) electrons. The number of benzene rings is 1. The smallest absolute Gasteiger partial charge is 0.319 e. The third-order valence-corrected chi connectivity index (χ3v) is 3.96. The zero-order chi connectivity index (χ0) is 16.9. The Balaban J connectivity index is 1.89. The molecule has 1 aliphatic heterocycles. The van der Waals surface area contributed by atoms with Gasteiger partial charge in [-0.1, -0.05) is 0 Å². The number of amides is 2. The van der Waals surface area contributed by atoms with Crippen LogP contribution >= 0.6 is 0 Å². The number of halogens is 1. The van der Waals surface area contributed by atoms with Crippen molar-refractivity contribution in [2.24, 2.45) is 0 Å². The number of rotatable bonds is 5. The highest BCUT2D eigenvalue weighted by atomic mass is 19.1. The fourth-order valence-corrected chi connectivity index (χ4v) is 2.51. The van der Waals surface area contributed by atoms with E-state index >= 15 is 0 Å². The van der Waals surface area contributed by atoms with Crippen LogP contribution < -0.4 is 15.4 Å². The lowest BCUT2D eigenvalue weighted by molar-refractivity contribution is -0.00863. The molecular weight excluding hydrogens is 301 g/mol. The number of nitrogens with one attached hydrogen (secondary N) is 2. The van der Waals surface area contributed by atoms with Gasteiger partial charge in [-0.25, -0.2) is 9.18 Å². The van der Waals surface area contributed by atoms with E-state index in [1.54, 1.807) is 0 Å². The highest BCUT2D eigenvalue weighted by Gasteiger charge is 2.28. The van der Waals surface area contributed by atoms with E-state index in [4.69, 9.17) is 9.47 Å². The Bertz CT molecular complexity index is 545. The van der Waals surface area contributed by atoms with Crippen molar-refractivity contribution in [3.05, 3.63) is 24.0 Å². The minimum absolute atomic E-state index is 0.173. The second-order valence-electron chi connectivity index (χ2n) is 6.06. The lowest BCUT2D eigenvalue weighted by Crippen LogP contribution is -2.55. The van der Waals surface area contributed by atoms with E-state index in [1.807, 2.05) is 0 Å². The van der Waals surface area contributed by atoms with Crippen LogP contribution in [0, 0.1) is 5.82 Å². The molecule has 0 saturated carbocycles. The molecule has 0 unspecified atom stereocenters. The lowest BCUT2D eigenvalue weighted by atomic mass is 10.0. The summed E-state index contributed by atoms with van der Waals surface area (Å²) in [6.45, 7) is 7.77. The first-order chi connectivity index (χ1) is 10.9. The first-order valence-electron chi connectivity index (χ1n) is 7.63. The van der Waals surface area contributed by atoms with Crippen molar-refractivity contribution < 1.29 is 18.7 Å². The van der Waals surface area contributed by atoms with Gasteiger partial charge in [0, 0.05) is 31.2 Å². The molecule has 1 aromatic rings. The zero-order valence-corrected chi connectivity index (χ0v) is 13.8. The third-order valence-electron chi connectivity index (χ3n) is 3.96. The van der Waals surface area contributed by atoms with E-state index in [0.717, 1.165) is 13.1 Å². The Labute approximate surface area is 135 Å². The molecule has 1 fully saturated rings. The van der Waals surface area contributed by atoms with Gasteiger partial charge in [0.25, 0.3) is 0 Å². The summed E-state index contributed by atoms with van der Waals surface area (Å²) in [6.07, 6.45) is 0. The molecule has 23 heavy (non-hydrogen) atoms. The molecule has 0 bridgehead atoms. The number of morpholine rings is 1. The molecule has 1 heterocycles. The summed E-state index contributed by atoms with van der Waals surface area (Å²) in [5.74, 6) is -0.131. The summed E-state index contributed by atoms with van der Waals surface area (Å²) >= 11 is 0. The standard InChI is InChI=1S/C16H24FN3O3/c1-16(2,20-6-8-23-9-7-20)11-18-15(21)19-13-5-4-12(17)10-14(13)22-3/h4-5,10H,6-9,11H2,1-3H3,(H2,18,19,21). The van der Waals surface area contributed by atoms with Gasteiger partial charge >= 0.3 is 6.03 Å². The zero-order valence-electron chi connectivity index (χ0n) is 13.8. The van der Waals surface area contributed by atoms with E-state index in [0.29, 0.717) is 25.4 Å². The van der Waals surface area contributed by atoms with Crippen molar-refractivity contribution >= 4 is 11.7 Å². The first-order valence-corrected chi connectivity index (χ1v) is 7.63. The maximum absolute atomic E-state index is 13.2. The number of anilines is 1. The summed E-state index contributed by atoms with van der Waals surface area (Å²) in [6, 6.07) is 3.63. The Morgan fingerprint density at radius 1 is 1.39 bits per heavy atom. The summed E-state index contributed by atoms with van der Waals surface area (Å²) in [7, 11) is 1.43. The van der Waals surface area contributed by atoms with Crippen molar-refractivity contribution in [3.63, 3.8) is 0 Å². The largest absolute Gasteiger partial charge is 0.494 e. The number of carbonyl (C=O) groups excluding carboxylic acids is 1. The highest BCUT2D eigenvalue weighted by molar-refractivity contribution is 5.90. The minimum Gasteiger partial charge on any atom is -0.494 e. The fourth-order valence-electron chi connectivity index (χ4n) is 2.51. The Hall–Kier alpha value is -1.86. The molecule has 6 nitrogen and oxygen atoms in total. The van der Waals surface area contributed by atoms with Gasteiger partial charge in [-0.3, -0.25) is 4.90 Å². The van der Waals surface area contributed by atoms with Gasteiger partial charge in [0.15, 0.2) is 0 Å². The molecule has 0 aliphatic carbocycles. The summed E-state index contributed by atoms with van der Waals surface area (Å²) in [4.78, 5) is 14.4. The number of hydrogen-bond acceptors (Lipinski definition) is 4. The number of urea groups is 1. The summed E-state index contributed by atoms with van der Waals surface area (Å²) in [5.41, 5.74) is 0.254. The van der Waals surface area contributed by atoms with Gasteiger partial charge in [-0.15, -0.1) is 0 Å². The molecule has 7 heteroatoms. The molecule has 0 aromatic heterocycles. The molecule has 2 amide bonds. The first kappa shape index (κ1) is 17.5. The van der Waals surface area contributed by atoms with Crippen molar-refractivity contribution in [2.75, 3.05) is 45.3 Å². The summed E-state index contributed by atoms with van der Waals surface area (Å²) < 4.78 is 23.6. The fraction of sp³-hybridized carbons (Fsp3) is 0.562. The molecule has 2 N–H and O–H groups in total. The lowest BCUT2D eigenvalue weighted by Gasteiger charge is -2.40. The van der Waals surface area contributed by atoms with Gasteiger partial charge in [0.05, 0.1) is 26.0 Å². The number of ether oxygens (including phenoxy) is 2. The number of carbonyl (C=O) groups is 1. The van der Waals surface area contributed by atoms with Crippen LogP contribution in [0.4, 0.5) is 14.9 Å². The van der Waals surface area contributed by atoms with E-state index in [9.17, 15) is 9.18 Å². The minimum atomic E-state index is -0.416. The van der Waals surface area contributed by atoms with Crippen LogP contribution in [0.3, 0.4) is 0 Å². The summed E-state index contributed by atoms with van der Waals surface area (Å²) in [5, 5.41) is 5.53. The third kappa shape index (κ3) is 4.80. The van der Waals surface area contributed by atoms with Crippen molar-refractivity contribution in [1.82, 2.24) is 10.2 Å². The van der Waals surface area contributed by atoms with E-state index < -0.39 is 5.82 Å². The van der Waals surface area contributed by atoms with E-state index in [-0.39, 0.29) is 17.3 Å². The average molecular weight is 325 g/mol. The van der Waals surface area contributed by atoms with Crippen LogP contribution in [-0.2, 0) is 4.74 Å². The Morgan fingerprint density at radius 2 is 2.09 bits per heavy atom. The monoisotopic (exact) mass is 325 g/mol. The number of methoxy groups -OCH3 is 1. The molecule has 0 spiro atoms. The Morgan fingerprint density at radius 3 is 2.74 bits per heavy atom. The second-order valence-corrected chi connectivity index (χ2v) is 6.06. The highest BCUT2D eigenvalue weighted by Crippen LogP contribution is 2.24. The van der Waals surface area contributed by atoms with Crippen LogP contribution in [0.15, 0.2) is 18.2 Å². The molecule has 1 aromatic carbocycles. The van der Waals surface area contributed by atoms with Crippen LogP contribution in [0.1, 0.15) is 13.8 Å². The van der Waals surface area contributed by atoms with Crippen LogP contribution in [-0.4, -0.2) is 56.4 Å². The van der Waals surface area contributed by atoms with Gasteiger partial charge in [-0.05, 0) is 26.0 Å². The maximum atomic E-state index is 13.2. The second kappa shape index (κ2) is 7.61. The number of hydrogen-bond donors (Lipinski definition) is 2. The van der Waals surface area contributed by atoms with Gasteiger partial charge in [0.2, 0.25) is 0 Å². The van der Waals surface area contributed by atoms with E-state index in [1.165, 1.54) is 25.3 Å². The molecule has 0 atom stereocenters. The quantitative estimate of drug-likeness (QED) is 0.870. The van der Waals surface area contributed by atoms with Crippen molar-refractivity contribution in [2.45, 2.75) is 19.4 Å². The topological polar surface area (TPSA) is 62.8 Å². The van der Waals surface area contributed by atoms with Crippen molar-refractivity contribution in [3.8, 4) is 5.75 Å². The van der Waals surface area contributed by atoms with Crippen LogP contribution in [0.25, 0.3) is 0 Å². The van der Waals surface area contributed by atoms with Crippen LogP contribution in [0.2, 0.25) is 0 Å².